The number of aliphatic hydroxyl groups is 1. The summed E-state index contributed by atoms with van der Waals surface area (Å²) in [6, 6.07) is 13.4. The molecule has 0 saturated carbocycles. The summed E-state index contributed by atoms with van der Waals surface area (Å²) in [6.45, 7) is 1.49. The van der Waals surface area contributed by atoms with E-state index >= 15 is 0 Å². The molecule has 0 aromatic heterocycles. The van der Waals surface area contributed by atoms with Gasteiger partial charge in [-0.1, -0.05) is 36.4 Å². The first-order valence-electron chi connectivity index (χ1n) is 5.07. The second-order valence-electron chi connectivity index (χ2n) is 3.71. The van der Waals surface area contributed by atoms with Gasteiger partial charge in [0.25, 0.3) is 0 Å². The van der Waals surface area contributed by atoms with Crippen molar-refractivity contribution >= 4 is 16.6 Å². The summed E-state index contributed by atoms with van der Waals surface area (Å²) in [5.74, 6) is -0.149. The van der Waals surface area contributed by atoms with Crippen LogP contribution in [0.15, 0.2) is 54.3 Å². The van der Waals surface area contributed by atoms with E-state index in [9.17, 15) is 4.79 Å². The van der Waals surface area contributed by atoms with Gasteiger partial charge in [0.1, 0.15) is 0 Å². The number of carbonyl (C=O) groups is 1. The molecule has 2 nitrogen and oxygen atoms in total. The van der Waals surface area contributed by atoms with Gasteiger partial charge < -0.3 is 5.11 Å². The van der Waals surface area contributed by atoms with E-state index in [0.29, 0.717) is 5.56 Å². The first-order chi connectivity index (χ1) is 7.66. The van der Waals surface area contributed by atoms with E-state index in [1.165, 1.54) is 13.0 Å². The van der Waals surface area contributed by atoms with Crippen molar-refractivity contribution in [2.24, 2.45) is 0 Å². The second-order valence-corrected chi connectivity index (χ2v) is 3.71. The standard InChI is InChI=1S/C14H12O2.Zn/c1-10(15)8-14(16)13-7-6-11-4-2-3-5-12(11)9-13;/h2-9,15H,1H3;/b10-8-;. The molecule has 0 heterocycles. The molecule has 0 aliphatic heterocycles. The minimum absolute atomic E-state index is 0. The first kappa shape index (κ1) is 13.6. The largest absolute Gasteiger partial charge is 0.512 e. The Hall–Kier alpha value is -1.47. The fraction of sp³-hybridized carbons (Fsp3) is 0.0714. The van der Waals surface area contributed by atoms with Crippen molar-refractivity contribution in [1.29, 1.82) is 0 Å². The Kier molecular flexibility index (Phi) is 4.59. The molecule has 0 unspecified atom stereocenters. The van der Waals surface area contributed by atoms with Crippen LogP contribution < -0.4 is 0 Å². The Morgan fingerprint density at radius 2 is 1.76 bits per heavy atom. The van der Waals surface area contributed by atoms with Gasteiger partial charge in [-0.2, -0.15) is 0 Å². The molecule has 0 aliphatic carbocycles. The molecule has 82 valence electrons. The maximum absolute atomic E-state index is 11.7. The summed E-state index contributed by atoms with van der Waals surface area (Å²) >= 11 is 0. The van der Waals surface area contributed by atoms with E-state index in [1.54, 1.807) is 6.07 Å². The van der Waals surface area contributed by atoms with Gasteiger partial charge in [-0.15, -0.1) is 0 Å². The maximum atomic E-state index is 11.7. The number of fused-ring (bicyclic) bond motifs is 1. The summed E-state index contributed by atoms with van der Waals surface area (Å²) in [4.78, 5) is 11.7. The predicted molar refractivity (Wildman–Crippen MR) is 64.7 cm³/mol. The fourth-order valence-corrected chi connectivity index (χ4v) is 1.62. The zero-order valence-electron chi connectivity index (χ0n) is 9.68. The van der Waals surface area contributed by atoms with E-state index in [0.717, 1.165) is 10.8 Å². The van der Waals surface area contributed by atoms with E-state index in [4.69, 9.17) is 5.11 Å². The van der Waals surface area contributed by atoms with Crippen LogP contribution in [-0.2, 0) is 19.5 Å². The molecule has 0 fully saturated rings. The molecule has 0 radical (unpaired) electrons. The molecule has 0 saturated heterocycles. The first-order valence-corrected chi connectivity index (χ1v) is 5.07. The summed E-state index contributed by atoms with van der Waals surface area (Å²) < 4.78 is 0. The third-order valence-electron chi connectivity index (χ3n) is 2.37. The van der Waals surface area contributed by atoms with Gasteiger partial charge in [-0.25, -0.2) is 0 Å². The van der Waals surface area contributed by atoms with Gasteiger partial charge in [-0.3, -0.25) is 4.79 Å². The van der Waals surface area contributed by atoms with Gasteiger partial charge in [0.2, 0.25) is 0 Å². The Labute approximate surface area is 113 Å². The quantitative estimate of drug-likeness (QED) is 0.395. The molecule has 0 amide bonds. The topological polar surface area (TPSA) is 37.3 Å². The van der Waals surface area contributed by atoms with Crippen LogP contribution in [-0.4, -0.2) is 10.9 Å². The molecular weight excluding hydrogens is 266 g/mol. The average molecular weight is 278 g/mol. The van der Waals surface area contributed by atoms with Gasteiger partial charge in [0.15, 0.2) is 5.78 Å². The normalized spacial score (nSPS) is 11.0. The number of hydrogen-bond acceptors (Lipinski definition) is 2. The fourth-order valence-electron chi connectivity index (χ4n) is 1.62. The number of hydrogen-bond donors (Lipinski definition) is 1. The zero-order chi connectivity index (χ0) is 11.5. The van der Waals surface area contributed by atoms with Crippen molar-refractivity contribution in [1.82, 2.24) is 0 Å². The van der Waals surface area contributed by atoms with Crippen molar-refractivity contribution < 1.29 is 29.4 Å². The molecular formula is C14H12O2Zn. The number of carbonyl (C=O) groups excluding carboxylic acids is 1. The van der Waals surface area contributed by atoms with Crippen LogP contribution in [0.4, 0.5) is 0 Å². The molecule has 0 bridgehead atoms. The summed E-state index contributed by atoms with van der Waals surface area (Å²) in [5.41, 5.74) is 0.590. The molecule has 0 aliphatic rings. The van der Waals surface area contributed by atoms with Crippen molar-refractivity contribution in [3.05, 3.63) is 59.9 Å². The molecule has 3 heteroatoms. The number of benzene rings is 2. The van der Waals surface area contributed by atoms with E-state index in [2.05, 4.69) is 0 Å². The van der Waals surface area contributed by atoms with Gasteiger partial charge in [-0.05, 0) is 23.8 Å². The van der Waals surface area contributed by atoms with Gasteiger partial charge in [0, 0.05) is 31.1 Å². The van der Waals surface area contributed by atoms with Crippen LogP contribution in [0.5, 0.6) is 0 Å². The zero-order valence-corrected chi connectivity index (χ0v) is 12.6. The minimum atomic E-state index is -0.175. The third-order valence-corrected chi connectivity index (χ3v) is 2.37. The third kappa shape index (κ3) is 3.24. The number of ketones is 1. The monoisotopic (exact) mass is 276 g/mol. The molecule has 2 rings (SSSR count). The molecule has 17 heavy (non-hydrogen) atoms. The summed E-state index contributed by atoms with van der Waals surface area (Å²) in [5, 5.41) is 11.2. The van der Waals surface area contributed by atoms with E-state index < -0.39 is 0 Å². The molecule has 1 N–H and O–H groups in total. The number of aliphatic hydroxyl groups excluding tert-OH is 1. The minimum Gasteiger partial charge on any atom is -0.512 e. The summed E-state index contributed by atoms with van der Waals surface area (Å²) in [7, 11) is 0. The van der Waals surface area contributed by atoms with Crippen molar-refractivity contribution in [3.8, 4) is 0 Å². The van der Waals surface area contributed by atoms with Crippen LogP contribution >= 0.6 is 0 Å². The Morgan fingerprint density at radius 3 is 2.41 bits per heavy atom. The van der Waals surface area contributed by atoms with Crippen LogP contribution in [0, 0.1) is 0 Å². The van der Waals surface area contributed by atoms with Gasteiger partial charge >= 0.3 is 0 Å². The van der Waals surface area contributed by atoms with Crippen LogP contribution in [0.3, 0.4) is 0 Å². The molecule has 0 atom stereocenters. The molecule has 2 aromatic carbocycles. The van der Waals surface area contributed by atoms with Crippen LogP contribution in [0.2, 0.25) is 0 Å². The number of allylic oxidation sites excluding steroid dienone is 2. The number of rotatable bonds is 2. The predicted octanol–water partition coefficient (Wildman–Crippen LogP) is 3.48. The Balaban J connectivity index is 0.00000144. The van der Waals surface area contributed by atoms with Crippen molar-refractivity contribution in [3.63, 3.8) is 0 Å². The molecule has 0 spiro atoms. The Morgan fingerprint density at radius 1 is 1.12 bits per heavy atom. The van der Waals surface area contributed by atoms with Crippen molar-refractivity contribution in [2.45, 2.75) is 6.92 Å². The average Bonchev–Trinajstić information content (AvgIpc) is 2.27. The van der Waals surface area contributed by atoms with Gasteiger partial charge in [0.05, 0.1) is 5.76 Å². The smallest absolute Gasteiger partial charge is 0.189 e. The maximum Gasteiger partial charge on any atom is 0.189 e. The summed E-state index contributed by atoms with van der Waals surface area (Å²) in [6.07, 6.45) is 1.23. The second kappa shape index (κ2) is 5.74. The molecule has 2 aromatic rings. The van der Waals surface area contributed by atoms with Crippen LogP contribution in [0.25, 0.3) is 10.8 Å². The SMILES string of the molecule is C/C(O)=C/C(=O)c1ccc2ccccc2c1.[Zn]. The van der Waals surface area contributed by atoms with E-state index in [-0.39, 0.29) is 31.0 Å². The van der Waals surface area contributed by atoms with Crippen LogP contribution in [0.1, 0.15) is 17.3 Å². The Bertz CT molecular complexity index is 569. The van der Waals surface area contributed by atoms with E-state index in [1.807, 2.05) is 36.4 Å². The van der Waals surface area contributed by atoms with Crippen molar-refractivity contribution in [2.75, 3.05) is 0 Å².